The van der Waals surface area contributed by atoms with Gasteiger partial charge in [-0.3, -0.25) is 0 Å². The summed E-state index contributed by atoms with van der Waals surface area (Å²) in [7, 11) is 0. The van der Waals surface area contributed by atoms with E-state index < -0.39 is 0 Å². The van der Waals surface area contributed by atoms with Crippen molar-refractivity contribution in [2.45, 2.75) is 33.0 Å². The molecule has 7 heteroatoms. The molecule has 7 nitrogen and oxygen atoms in total. The first-order chi connectivity index (χ1) is 8.74. The van der Waals surface area contributed by atoms with Crippen molar-refractivity contribution in [1.29, 1.82) is 0 Å². The first kappa shape index (κ1) is 12.4. The van der Waals surface area contributed by atoms with Crippen molar-refractivity contribution >= 4 is 6.01 Å². The van der Waals surface area contributed by atoms with Crippen molar-refractivity contribution in [3.05, 3.63) is 29.9 Å². The molecule has 0 unspecified atom stereocenters. The molecule has 0 saturated heterocycles. The van der Waals surface area contributed by atoms with Gasteiger partial charge in [-0.1, -0.05) is 18.9 Å². The normalized spacial score (nSPS) is 10.8. The lowest BCUT2D eigenvalue weighted by molar-refractivity contribution is 0.458. The van der Waals surface area contributed by atoms with Gasteiger partial charge in [0.15, 0.2) is 0 Å². The zero-order chi connectivity index (χ0) is 12.8. The van der Waals surface area contributed by atoms with Gasteiger partial charge in [-0.05, 0) is 12.1 Å². The van der Waals surface area contributed by atoms with Crippen LogP contribution in [0.2, 0.25) is 0 Å². The molecule has 0 radical (unpaired) electrons. The summed E-state index contributed by atoms with van der Waals surface area (Å²) in [5.41, 5.74) is 0.817. The molecule has 2 rings (SSSR count). The number of nitrogens with zero attached hydrogens (tertiary/aromatic N) is 4. The summed E-state index contributed by atoms with van der Waals surface area (Å²) < 4.78 is 5.41. The van der Waals surface area contributed by atoms with Gasteiger partial charge >= 0.3 is 6.01 Å². The maximum absolute atomic E-state index is 5.41. The van der Waals surface area contributed by atoms with Crippen LogP contribution in [0.15, 0.2) is 22.7 Å². The SMILES string of the molecule is CC(C)NCc1nnc(NCc2cccnn2)o1. The fourth-order valence-electron chi connectivity index (χ4n) is 1.28. The molecule has 0 amide bonds. The molecule has 2 heterocycles. The zero-order valence-electron chi connectivity index (χ0n) is 10.4. The lowest BCUT2D eigenvalue weighted by Gasteiger charge is -2.03. The van der Waals surface area contributed by atoms with Crippen LogP contribution in [0.4, 0.5) is 6.01 Å². The summed E-state index contributed by atoms with van der Waals surface area (Å²) in [4.78, 5) is 0. The van der Waals surface area contributed by atoms with Crippen LogP contribution >= 0.6 is 0 Å². The van der Waals surface area contributed by atoms with E-state index in [4.69, 9.17) is 4.42 Å². The van der Waals surface area contributed by atoms with Crippen molar-refractivity contribution in [1.82, 2.24) is 25.7 Å². The van der Waals surface area contributed by atoms with Crippen LogP contribution in [0.5, 0.6) is 0 Å². The van der Waals surface area contributed by atoms with Crippen molar-refractivity contribution < 1.29 is 4.42 Å². The molecular formula is C11H16N6O. The van der Waals surface area contributed by atoms with Gasteiger partial charge < -0.3 is 15.1 Å². The van der Waals surface area contributed by atoms with Crippen LogP contribution in [0.25, 0.3) is 0 Å². The van der Waals surface area contributed by atoms with Gasteiger partial charge in [0.25, 0.3) is 0 Å². The third-order valence-corrected chi connectivity index (χ3v) is 2.18. The van der Waals surface area contributed by atoms with Gasteiger partial charge in [0.1, 0.15) is 0 Å². The highest BCUT2D eigenvalue weighted by Crippen LogP contribution is 2.06. The summed E-state index contributed by atoms with van der Waals surface area (Å²) in [6.45, 7) is 5.19. The number of hydrogen-bond acceptors (Lipinski definition) is 7. The molecule has 0 aromatic carbocycles. The highest BCUT2D eigenvalue weighted by Gasteiger charge is 2.06. The molecule has 0 atom stereocenters. The van der Waals surface area contributed by atoms with Crippen LogP contribution in [0.3, 0.4) is 0 Å². The second-order valence-electron chi connectivity index (χ2n) is 4.11. The molecule has 96 valence electrons. The monoisotopic (exact) mass is 248 g/mol. The quantitative estimate of drug-likeness (QED) is 0.787. The molecule has 18 heavy (non-hydrogen) atoms. The first-order valence-corrected chi connectivity index (χ1v) is 5.80. The molecule has 0 saturated carbocycles. The molecule has 2 N–H and O–H groups in total. The lowest BCUT2D eigenvalue weighted by Crippen LogP contribution is -2.21. The number of aromatic nitrogens is 4. The predicted octanol–water partition coefficient (Wildman–Crippen LogP) is 0.970. The van der Waals surface area contributed by atoms with Gasteiger partial charge in [-0.2, -0.15) is 10.2 Å². The summed E-state index contributed by atoms with van der Waals surface area (Å²) >= 11 is 0. The van der Waals surface area contributed by atoms with Crippen molar-refractivity contribution in [3.63, 3.8) is 0 Å². The minimum Gasteiger partial charge on any atom is -0.407 e. The van der Waals surface area contributed by atoms with Gasteiger partial charge in [-0.15, -0.1) is 5.10 Å². The van der Waals surface area contributed by atoms with E-state index in [0.717, 1.165) is 5.69 Å². The Balaban J connectivity index is 1.83. The molecule has 2 aromatic heterocycles. The molecule has 0 aliphatic rings. The Labute approximate surface area is 105 Å². The Kier molecular flexibility index (Phi) is 4.19. The van der Waals surface area contributed by atoms with Crippen molar-refractivity contribution in [2.24, 2.45) is 0 Å². The Morgan fingerprint density at radius 2 is 2.11 bits per heavy atom. The summed E-state index contributed by atoms with van der Waals surface area (Å²) in [5, 5.41) is 21.7. The van der Waals surface area contributed by atoms with E-state index >= 15 is 0 Å². The Morgan fingerprint density at radius 1 is 1.22 bits per heavy atom. The second kappa shape index (κ2) is 6.06. The maximum Gasteiger partial charge on any atom is 0.315 e. The van der Waals surface area contributed by atoms with Gasteiger partial charge in [0.2, 0.25) is 5.89 Å². The van der Waals surface area contributed by atoms with E-state index in [0.29, 0.717) is 31.0 Å². The van der Waals surface area contributed by atoms with Crippen LogP contribution in [0, 0.1) is 0 Å². The van der Waals surface area contributed by atoms with E-state index in [1.165, 1.54) is 0 Å². The van der Waals surface area contributed by atoms with Gasteiger partial charge in [0, 0.05) is 12.2 Å². The van der Waals surface area contributed by atoms with Crippen LogP contribution in [0.1, 0.15) is 25.4 Å². The van der Waals surface area contributed by atoms with E-state index in [-0.39, 0.29) is 0 Å². The fourth-order valence-corrected chi connectivity index (χ4v) is 1.28. The standard InChI is InChI=1S/C11H16N6O/c1-8(2)12-7-10-16-17-11(18-10)13-6-9-4-3-5-14-15-9/h3-5,8,12H,6-7H2,1-2H3,(H,13,17). The van der Waals surface area contributed by atoms with E-state index in [1.54, 1.807) is 6.20 Å². The average Bonchev–Trinajstić information content (AvgIpc) is 2.83. The second-order valence-corrected chi connectivity index (χ2v) is 4.11. The van der Waals surface area contributed by atoms with Crippen molar-refractivity contribution in [2.75, 3.05) is 5.32 Å². The number of rotatable bonds is 6. The third-order valence-electron chi connectivity index (χ3n) is 2.18. The Morgan fingerprint density at radius 3 is 2.83 bits per heavy atom. The molecule has 0 aliphatic carbocycles. The summed E-state index contributed by atoms with van der Waals surface area (Å²) in [5.74, 6) is 0.561. The molecular weight excluding hydrogens is 232 g/mol. The topological polar surface area (TPSA) is 88.8 Å². The Bertz CT molecular complexity index is 469. The smallest absolute Gasteiger partial charge is 0.315 e. The van der Waals surface area contributed by atoms with Crippen molar-refractivity contribution in [3.8, 4) is 0 Å². The zero-order valence-corrected chi connectivity index (χ0v) is 10.4. The van der Waals surface area contributed by atoms with E-state index in [1.807, 2.05) is 12.1 Å². The molecule has 0 spiro atoms. The number of hydrogen-bond donors (Lipinski definition) is 2. The molecule has 2 aromatic rings. The maximum atomic E-state index is 5.41. The molecule has 0 fully saturated rings. The average molecular weight is 248 g/mol. The molecule has 0 aliphatic heterocycles. The minimum atomic E-state index is 0.382. The molecule has 0 bridgehead atoms. The van der Waals surface area contributed by atoms with Crippen LogP contribution < -0.4 is 10.6 Å². The predicted molar refractivity (Wildman–Crippen MR) is 65.6 cm³/mol. The van der Waals surface area contributed by atoms with E-state index in [2.05, 4.69) is 44.9 Å². The van der Waals surface area contributed by atoms with E-state index in [9.17, 15) is 0 Å². The fraction of sp³-hybridized carbons (Fsp3) is 0.455. The van der Waals surface area contributed by atoms with Crippen LogP contribution in [-0.2, 0) is 13.1 Å². The number of nitrogens with one attached hydrogen (secondary N) is 2. The van der Waals surface area contributed by atoms with Crippen LogP contribution in [-0.4, -0.2) is 26.4 Å². The third kappa shape index (κ3) is 3.77. The highest BCUT2D eigenvalue weighted by atomic mass is 16.4. The Hall–Kier alpha value is -2.02. The van der Waals surface area contributed by atoms with Gasteiger partial charge in [0.05, 0.1) is 18.8 Å². The number of anilines is 1. The summed E-state index contributed by atoms with van der Waals surface area (Å²) in [6, 6.07) is 4.47. The first-order valence-electron chi connectivity index (χ1n) is 5.80. The highest BCUT2D eigenvalue weighted by molar-refractivity contribution is 5.19. The summed E-state index contributed by atoms with van der Waals surface area (Å²) in [6.07, 6.45) is 1.63. The largest absolute Gasteiger partial charge is 0.407 e. The minimum absolute atomic E-state index is 0.382. The van der Waals surface area contributed by atoms with Gasteiger partial charge in [-0.25, -0.2) is 0 Å². The lowest BCUT2D eigenvalue weighted by atomic mass is 10.4.